The smallest absolute Gasteiger partial charge is 0.324 e. The van der Waals surface area contributed by atoms with Crippen LogP contribution in [0.2, 0.25) is 0 Å². The van der Waals surface area contributed by atoms with Crippen molar-refractivity contribution < 1.29 is 23.9 Å². The molecular weight excluding hydrogens is 358 g/mol. The first kappa shape index (κ1) is 24.1. The standard InChI is InChI=1S/C15H29N7O5/c1-9(23)20-8-12(24)22-10(5-4-6-19-15(16)17)13(25)21-7-11(18-2)14(26)27-3/h10-11,18H,4-8H2,1-3H3,(H,20,23)(H,21,25)(H,22,24)(H4,16,17,19)/t10-,11-/m0/s1. The van der Waals surface area contributed by atoms with Gasteiger partial charge in [-0.3, -0.25) is 24.2 Å². The maximum Gasteiger partial charge on any atom is 0.324 e. The number of nitrogens with two attached hydrogens (primary N) is 2. The van der Waals surface area contributed by atoms with Crippen molar-refractivity contribution in [1.29, 1.82) is 0 Å². The summed E-state index contributed by atoms with van der Waals surface area (Å²) in [6.07, 6.45) is 0.694. The monoisotopic (exact) mass is 387 g/mol. The van der Waals surface area contributed by atoms with Crippen LogP contribution in [0, 0.1) is 0 Å². The number of nitrogens with zero attached hydrogens (tertiary/aromatic N) is 1. The van der Waals surface area contributed by atoms with Crippen molar-refractivity contribution in [2.45, 2.75) is 31.8 Å². The van der Waals surface area contributed by atoms with E-state index in [2.05, 4.69) is 31.0 Å². The zero-order chi connectivity index (χ0) is 20.8. The van der Waals surface area contributed by atoms with Crippen LogP contribution < -0.4 is 32.7 Å². The van der Waals surface area contributed by atoms with Crippen LogP contribution in [0.25, 0.3) is 0 Å². The van der Waals surface area contributed by atoms with E-state index in [0.29, 0.717) is 6.42 Å². The van der Waals surface area contributed by atoms with Crippen LogP contribution in [0.15, 0.2) is 4.99 Å². The van der Waals surface area contributed by atoms with Crippen molar-refractivity contribution in [1.82, 2.24) is 21.3 Å². The number of methoxy groups -OCH3 is 1. The average Bonchev–Trinajstić information content (AvgIpc) is 2.62. The van der Waals surface area contributed by atoms with E-state index in [9.17, 15) is 19.2 Å². The van der Waals surface area contributed by atoms with Crippen molar-refractivity contribution in [3.63, 3.8) is 0 Å². The Kier molecular flexibility index (Phi) is 11.9. The van der Waals surface area contributed by atoms with E-state index in [1.807, 2.05) is 0 Å². The Morgan fingerprint density at radius 1 is 1.11 bits per heavy atom. The SMILES string of the molecule is CN[C@@H](CNC(=O)[C@H](CCCN=C(N)N)NC(=O)CNC(C)=O)C(=O)OC. The normalized spacial score (nSPS) is 12.3. The quantitative estimate of drug-likeness (QED) is 0.0861. The number of guanidine groups is 1. The van der Waals surface area contributed by atoms with Crippen LogP contribution in [0.4, 0.5) is 0 Å². The summed E-state index contributed by atoms with van der Waals surface area (Å²) in [5.41, 5.74) is 10.5. The van der Waals surface area contributed by atoms with Gasteiger partial charge in [-0.2, -0.15) is 0 Å². The van der Waals surface area contributed by atoms with Gasteiger partial charge in [-0.15, -0.1) is 0 Å². The number of esters is 1. The van der Waals surface area contributed by atoms with Gasteiger partial charge in [0.2, 0.25) is 17.7 Å². The summed E-state index contributed by atoms with van der Waals surface area (Å²) in [6, 6.07) is -1.60. The third kappa shape index (κ3) is 11.4. The molecule has 12 heteroatoms. The van der Waals surface area contributed by atoms with Gasteiger partial charge < -0.3 is 37.5 Å². The molecule has 0 heterocycles. The number of hydrogen-bond donors (Lipinski definition) is 6. The molecule has 2 atom stereocenters. The second-order valence-electron chi connectivity index (χ2n) is 5.59. The van der Waals surface area contributed by atoms with Crippen molar-refractivity contribution in [2.24, 2.45) is 16.5 Å². The number of amides is 3. The molecule has 0 saturated heterocycles. The molecule has 0 aliphatic heterocycles. The Bertz CT molecular complexity index is 549. The average molecular weight is 387 g/mol. The highest BCUT2D eigenvalue weighted by molar-refractivity contribution is 5.90. The maximum absolute atomic E-state index is 12.4. The third-order valence-electron chi connectivity index (χ3n) is 3.41. The minimum absolute atomic E-state index is 0.0199. The van der Waals surface area contributed by atoms with E-state index in [1.54, 1.807) is 7.05 Å². The molecule has 0 unspecified atom stereocenters. The zero-order valence-corrected chi connectivity index (χ0v) is 15.8. The van der Waals surface area contributed by atoms with Gasteiger partial charge in [0.1, 0.15) is 12.1 Å². The molecule has 154 valence electrons. The first-order valence-corrected chi connectivity index (χ1v) is 8.33. The lowest BCUT2D eigenvalue weighted by Gasteiger charge is -2.20. The van der Waals surface area contributed by atoms with Crippen LogP contribution in [0.5, 0.6) is 0 Å². The number of likely N-dealkylation sites (N-methyl/N-ethyl adjacent to an activating group) is 1. The summed E-state index contributed by atoms with van der Waals surface area (Å²) in [7, 11) is 2.79. The van der Waals surface area contributed by atoms with Crippen LogP contribution in [-0.2, 0) is 23.9 Å². The fourth-order valence-corrected chi connectivity index (χ4v) is 1.99. The highest BCUT2D eigenvalue weighted by Gasteiger charge is 2.23. The molecule has 3 amide bonds. The molecule has 0 aromatic rings. The summed E-state index contributed by atoms with van der Waals surface area (Å²) >= 11 is 0. The largest absolute Gasteiger partial charge is 0.468 e. The fourth-order valence-electron chi connectivity index (χ4n) is 1.99. The lowest BCUT2D eigenvalue weighted by molar-refractivity contribution is -0.143. The highest BCUT2D eigenvalue weighted by atomic mass is 16.5. The van der Waals surface area contributed by atoms with Gasteiger partial charge in [-0.05, 0) is 19.9 Å². The Morgan fingerprint density at radius 2 is 1.78 bits per heavy atom. The van der Waals surface area contributed by atoms with Gasteiger partial charge in [0, 0.05) is 20.0 Å². The molecule has 0 aliphatic carbocycles. The first-order chi connectivity index (χ1) is 12.7. The van der Waals surface area contributed by atoms with Gasteiger partial charge in [0.15, 0.2) is 5.96 Å². The number of aliphatic imine (C=N–C) groups is 1. The molecule has 0 aliphatic rings. The highest BCUT2D eigenvalue weighted by Crippen LogP contribution is 1.99. The van der Waals surface area contributed by atoms with E-state index in [0.717, 1.165) is 0 Å². The van der Waals surface area contributed by atoms with Crippen LogP contribution in [0.3, 0.4) is 0 Å². The molecule has 27 heavy (non-hydrogen) atoms. The number of carbonyl (C=O) groups excluding carboxylic acids is 4. The number of hydrogen-bond acceptors (Lipinski definition) is 7. The Labute approximate surface area is 157 Å². The second-order valence-corrected chi connectivity index (χ2v) is 5.59. The minimum Gasteiger partial charge on any atom is -0.468 e. The summed E-state index contributed by atoms with van der Waals surface area (Å²) < 4.78 is 4.62. The molecule has 0 rings (SSSR count). The molecule has 0 aromatic carbocycles. The summed E-state index contributed by atoms with van der Waals surface area (Å²) in [4.78, 5) is 50.5. The topological polar surface area (TPSA) is 190 Å². The van der Waals surface area contributed by atoms with E-state index in [1.165, 1.54) is 14.0 Å². The summed E-state index contributed by atoms with van der Waals surface area (Å²) in [5, 5.41) is 10.2. The molecule has 0 bridgehead atoms. The molecule has 0 fully saturated rings. The van der Waals surface area contributed by atoms with E-state index < -0.39 is 29.9 Å². The zero-order valence-electron chi connectivity index (χ0n) is 15.8. The number of nitrogens with one attached hydrogen (secondary N) is 4. The van der Waals surface area contributed by atoms with Gasteiger partial charge in [0.05, 0.1) is 13.7 Å². The predicted molar refractivity (Wildman–Crippen MR) is 98.4 cm³/mol. The lowest BCUT2D eigenvalue weighted by Crippen LogP contribution is -2.52. The summed E-state index contributed by atoms with van der Waals surface area (Å²) in [6.45, 7) is 1.29. The first-order valence-electron chi connectivity index (χ1n) is 8.33. The molecular formula is C15H29N7O5. The number of carbonyl (C=O) groups is 4. The number of rotatable bonds is 12. The Morgan fingerprint density at radius 3 is 2.30 bits per heavy atom. The van der Waals surface area contributed by atoms with Gasteiger partial charge in [-0.25, -0.2) is 0 Å². The van der Waals surface area contributed by atoms with E-state index in [-0.39, 0.29) is 37.9 Å². The summed E-state index contributed by atoms with van der Waals surface area (Å²) in [5.74, 6) is -1.98. The minimum atomic E-state index is -0.879. The van der Waals surface area contributed by atoms with Gasteiger partial charge >= 0.3 is 5.97 Å². The maximum atomic E-state index is 12.4. The van der Waals surface area contributed by atoms with Crippen LogP contribution in [-0.4, -0.2) is 75.5 Å². The van der Waals surface area contributed by atoms with Crippen molar-refractivity contribution in [3.8, 4) is 0 Å². The molecule has 0 aromatic heterocycles. The van der Waals surface area contributed by atoms with Crippen molar-refractivity contribution >= 4 is 29.7 Å². The molecule has 0 saturated carbocycles. The van der Waals surface area contributed by atoms with Crippen LogP contribution in [0.1, 0.15) is 19.8 Å². The lowest BCUT2D eigenvalue weighted by atomic mass is 10.1. The third-order valence-corrected chi connectivity index (χ3v) is 3.41. The van der Waals surface area contributed by atoms with E-state index >= 15 is 0 Å². The Hall–Kier alpha value is -2.89. The molecule has 0 spiro atoms. The molecule has 12 nitrogen and oxygen atoms in total. The predicted octanol–water partition coefficient (Wildman–Crippen LogP) is -3.46. The van der Waals surface area contributed by atoms with Crippen molar-refractivity contribution in [3.05, 3.63) is 0 Å². The van der Waals surface area contributed by atoms with Crippen molar-refractivity contribution in [2.75, 3.05) is 33.8 Å². The van der Waals surface area contributed by atoms with Gasteiger partial charge in [-0.1, -0.05) is 0 Å². The second kappa shape index (κ2) is 13.3. The fraction of sp³-hybridized carbons (Fsp3) is 0.667. The van der Waals surface area contributed by atoms with Gasteiger partial charge in [0.25, 0.3) is 0 Å². The van der Waals surface area contributed by atoms with Crippen LogP contribution >= 0.6 is 0 Å². The Balaban J connectivity index is 4.79. The molecule has 8 N–H and O–H groups in total. The molecule has 0 radical (unpaired) electrons. The van der Waals surface area contributed by atoms with E-state index in [4.69, 9.17) is 11.5 Å². The number of ether oxygens (including phenoxy) is 1.